The average molecular weight is 888 g/mol. The van der Waals surface area contributed by atoms with Gasteiger partial charge in [0.2, 0.25) is 27.7 Å². The number of fused-ring (bicyclic) bond motifs is 5. The number of carbonyl (C=O) groups excluding carboxylic acids is 3. The third kappa shape index (κ3) is 7.82. The van der Waals surface area contributed by atoms with Crippen LogP contribution in [-0.4, -0.2) is 106 Å². The number of aryl methyl sites for hydroxylation is 1. The summed E-state index contributed by atoms with van der Waals surface area (Å²) in [5, 5.41) is 14.3. The van der Waals surface area contributed by atoms with E-state index in [1.54, 1.807) is 45.0 Å². The topological polar surface area (TPSA) is 194 Å². The summed E-state index contributed by atoms with van der Waals surface area (Å²) in [7, 11) is -2.68. The lowest BCUT2D eigenvalue weighted by atomic mass is 9.83. The Morgan fingerprint density at radius 3 is 2.53 bits per heavy atom. The first-order chi connectivity index (χ1) is 29.2. The zero-order chi connectivity index (χ0) is 45.2. The lowest BCUT2D eigenvalue weighted by Gasteiger charge is -2.43. The van der Waals surface area contributed by atoms with Crippen LogP contribution in [0.15, 0.2) is 30.4 Å². The second-order valence-corrected chi connectivity index (χ2v) is 20.6. The number of amides is 4. The molecule has 1 aromatic heterocycles. The summed E-state index contributed by atoms with van der Waals surface area (Å²) in [4.78, 5) is 63.2. The maximum absolute atomic E-state index is 18.0. The summed E-state index contributed by atoms with van der Waals surface area (Å²) >= 11 is 0. The number of methoxy groups -OCH3 is 1. The number of halogens is 2. The summed E-state index contributed by atoms with van der Waals surface area (Å²) in [6.45, 7) is 9.96. The van der Waals surface area contributed by atoms with E-state index in [1.807, 2.05) is 13.0 Å². The molecular weight excluding hydrogens is 829 g/mol. The Morgan fingerprint density at radius 1 is 1.16 bits per heavy atom. The quantitative estimate of drug-likeness (QED) is 0.179. The number of carboxylic acid groups (broad SMARTS) is 1. The lowest BCUT2D eigenvalue weighted by molar-refractivity contribution is -0.219. The summed E-state index contributed by atoms with van der Waals surface area (Å²) in [5.74, 6) is -4.53. The second-order valence-electron chi connectivity index (χ2n) is 18.4. The number of hydrogen-bond donors (Lipinski definition) is 3. The Balaban J connectivity index is 1.37. The molecule has 2 saturated carbocycles. The molecule has 0 bridgehead atoms. The third-order valence-corrected chi connectivity index (χ3v) is 16.2. The van der Waals surface area contributed by atoms with Crippen LogP contribution in [0.25, 0.3) is 10.8 Å². The number of carbonyl (C=O) groups is 4. The largest absolute Gasteiger partial charge is 0.497 e. The molecule has 7 rings (SSSR count). The molecule has 0 spiro atoms. The Bertz CT molecular complexity index is 2270. The average Bonchev–Trinajstić information content (AvgIpc) is 4.14. The minimum absolute atomic E-state index is 0.0243. The SMILES string of the molecule is CCC(C)N(C(=O)O)[C@@H]1C(=O)N2[C@@H](C[C@@](C)(Oc3nc4c(c5cc(OC)ccc35)CCCO4)C2(F)F)C(=O)N[C@]2(C(=O)NS(=O)(=O)C3(C)CC3)C[C@H]2/C=C\CC[C@H](C)C[C@H]1CC. The predicted octanol–water partition coefficient (Wildman–Crippen LogP) is 6.32. The number of rotatable bonds is 10. The van der Waals surface area contributed by atoms with E-state index in [0.717, 1.165) is 17.4 Å². The molecule has 0 radical (unpaired) electrons. The number of aromatic nitrogens is 1. The molecule has 1 saturated heterocycles. The van der Waals surface area contributed by atoms with Crippen molar-refractivity contribution in [3.8, 4) is 17.5 Å². The van der Waals surface area contributed by atoms with Crippen molar-refractivity contribution in [3.05, 3.63) is 35.9 Å². The van der Waals surface area contributed by atoms with Gasteiger partial charge < -0.3 is 24.6 Å². The molecule has 4 amide bonds. The van der Waals surface area contributed by atoms with E-state index >= 15 is 13.6 Å². The zero-order valence-corrected chi connectivity index (χ0v) is 37.3. The molecule has 1 unspecified atom stereocenters. The van der Waals surface area contributed by atoms with Crippen molar-refractivity contribution in [2.24, 2.45) is 17.8 Å². The van der Waals surface area contributed by atoms with E-state index in [2.05, 4.69) is 15.0 Å². The lowest BCUT2D eigenvalue weighted by Crippen LogP contribution is -2.65. The number of allylic oxidation sites excluding steroid dienone is 1. The molecule has 1 aromatic carbocycles. The highest BCUT2D eigenvalue weighted by Crippen LogP contribution is 2.52. The fraction of sp³-hybridized carbons (Fsp3) is 0.659. The van der Waals surface area contributed by atoms with Crippen LogP contribution in [0.5, 0.6) is 17.5 Å². The van der Waals surface area contributed by atoms with Crippen molar-refractivity contribution in [3.63, 3.8) is 0 Å². The van der Waals surface area contributed by atoms with Gasteiger partial charge in [0, 0.05) is 29.3 Å². The van der Waals surface area contributed by atoms with Crippen molar-refractivity contribution >= 4 is 44.6 Å². The van der Waals surface area contributed by atoms with Crippen molar-refractivity contribution in [2.75, 3.05) is 13.7 Å². The molecule has 8 atom stereocenters. The highest BCUT2D eigenvalue weighted by molar-refractivity contribution is 7.91. The smallest absolute Gasteiger partial charge is 0.408 e. The van der Waals surface area contributed by atoms with E-state index in [1.165, 1.54) is 14.0 Å². The number of sulfonamides is 1. The fourth-order valence-electron chi connectivity index (χ4n) is 9.46. The van der Waals surface area contributed by atoms with Gasteiger partial charge >= 0.3 is 12.1 Å². The first-order valence-corrected chi connectivity index (χ1v) is 23.3. The van der Waals surface area contributed by atoms with Crippen molar-refractivity contribution in [2.45, 2.75) is 152 Å². The number of nitrogens with zero attached hydrogens (tertiary/aromatic N) is 3. The van der Waals surface area contributed by atoms with Crippen LogP contribution < -0.4 is 24.2 Å². The zero-order valence-electron chi connectivity index (χ0n) is 36.5. The molecule has 3 aliphatic heterocycles. The molecule has 3 N–H and O–H groups in total. The Labute approximate surface area is 361 Å². The second kappa shape index (κ2) is 16.4. The van der Waals surface area contributed by atoms with Gasteiger partial charge in [0.15, 0.2) is 5.60 Å². The molecule has 3 fully saturated rings. The van der Waals surface area contributed by atoms with Crippen LogP contribution in [0.1, 0.15) is 111 Å². The van der Waals surface area contributed by atoms with E-state index in [4.69, 9.17) is 14.2 Å². The highest BCUT2D eigenvalue weighted by atomic mass is 32.2. The minimum Gasteiger partial charge on any atom is -0.497 e. The van der Waals surface area contributed by atoms with E-state index in [-0.39, 0.29) is 41.8 Å². The van der Waals surface area contributed by atoms with Crippen molar-refractivity contribution < 1.29 is 55.7 Å². The van der Waals surface area contributed by atoms with Crippen LogP contribution in [0.2, 0.25) is 0 Å². The van der Waals surface area contributed by atoms with Crippen LogP contribution in [0.4, 0.5) is 13.6 Å². The number of ether oxygens (including phenoxy) is 3. The van der Waals surface area contributed by atoms with Gasteiger partial charge in [-0.3, -0.25) is 28.9 Å². The van der Waals surface area contributed by atoms with Gasteiger partial charge in [-0.1, -0.05) is 39.3 Å². The van der Waals surface area contributed by atoms with Gasteiger partial charge in [-0.05, 0) is 114 Å². The van der Waals surface area contributed by atoms with Crippen LogP contribution >= 0.6 is 0 Å². The Hall–Kier alpha value is -4.74. The van der Waals surface area contributed by atoms with E-state index < -0.39 is 92.2 Å². The van der Waals surface area contributed by atoms with Crippen LogP contribution in [0.3, 0.4) is 0 Å². The number of benzene rings is 1. The summed E-state index contributed by atoms with van der Waals surface area (Å²) < 4.78 is 81.2. The van der Waals surface area contributed by atoms with Gasteiger partial charge in [0.25, 0.3) is 11.8 Å². The molecule has 18 heteroatoms. The first-order valence-electron chi connectivity index (χ1n) is 21.8. The van der Waals surface area contributed by atoms with Gasteiger partial charge in [0.1, 0.15) is 23.4 Å². The number of hydrogen-bond acceptors (Lipinski definition) is 10. The van der Waals surface area contributed by atoms with Gasteiger partial charge in [-0.2, -0.15) is 13.8 Å². The molecule has 2 aromatic rings. The molecule has 15 nitrogen and oxygen atoms in total. The first kappa shape index (κ1) is 45.3. The standard InChI is InChI=1S/C44H59F2N5O10S/c1-8-26(4)50(40(55)56)34-27(9-2)21-25(3)13-10-11-14-28-23-43(28,39(54)49-62(57,58)41(5)18-19-41)48-35(52)33-24-42(6,44(45,46)51(33)38(34)53)61-37-31-17-16-29(59-7)22-32(31)30-15-12-20-60-36(30)47-37/h11,14,16-17,22,25-28,33-34H,8-10,12-13,15,18-21,23-24H2,1-7H3,(H,48,52)(H,49,54)(H,55,56)/b14-11-/t25-,26?,27+,28+,33-,34-,42+,43+/m0/s1. The van der Waals surface area contributed by atoms with Gasteiger partial charge in [-0.15, -0.1) is 0 Å². The van der Waals surface area contributed by atoms with Crippen molar-refractivity contribution in [1.82, 2.24) is 24.8 Å². The van der Waals surface area contributed by atoms with E-state index in [0.29, 0.717) is 68.1 Å². The molecule has 62 heavy (non-hydrogen) atoms. The van der Waals surface area contributed by atoms with E-state index in [9.17, 15) is 27.9 Å². The molecule has 340 valence electrons. The summed E-state index contributed by atoms with van der Waals surface area (Å²) in [5.41, 5.74) is -3.78. The van der Waals surface area contributed by atoms with Crippen molar-refractivity contribution in [1.29, 1.82) is 0 Å². The number of alkyl halides is 2. The Kier molecular flexibility index (Phi) is 12.0. The van der Waals surface area contributed by atoms with Gasteiger partial charge in [0.05, 0.1) is 18.5 Å². The number of pyridine rings is 1. The predicted molar refractivity (Wildman–Crippen MR) is 224 cm³/mol. The normalized spacial score (nSPS) is 31.4. The maximum atomic E-state index is 18.0. The Morgan fingerprint density at radius 2 is 1.89 bits per heavy atom. The molecular formula is C44H59F2N5O10S. The van der Waals surface area contributed by atoms with Crippen LogP contribution in [-0.2, 0) is 30.8 Å². The monoisotopic (exact) mass is 887 g/mol. The maximum Gasteiger partial charge on any atom is 0.408 e. The minimum atomic E-state index is -4.30. The van der Waals surface area contributed by atoms with Crippen LogP contribution in [0, 0.1) is 17.8 Å². The highest BCUT2D eigenvalue weighted by Gasteiger charge is 2.71. The molecule has 5 aliphatic rings. The number of nitrogens with one attached hydrogen (secondary N) is 2. The summed E-state index contributed by atoms with van der Waals surface area (Å²) in [6.07, 6.45) is 5.15. The fourth-order valence-corrected chi connectivity index (χ4v) is 10.8. The third-order valence-electron chi connectivity index (χ3n) is 14.1. The molecule has 2 aliphatic carbocycles. The van der Waals surface area contributed by atoms with Gasteiger partial charge in [-0.25, -0.2) is 13.2 Å². The molecule has 4 heterocycles. The summed E-state index contributed by atoms with van der Waals surface area (Å²) in [6, 6.07) is -3.76.